The molecule has 0 bridgehead atoms. The van der Waals surface area contributed by atoms with Crippen molar-refractivity contribution in [2.24, 2.45) is 11.8 Å². The second-order valence-electron chi connectivity index (χ2n) is 10.9. The highest BCUT2D eigenvalue weighted by Gasteiger charge is 2.45. The van der Waals surface area contributed by atoms with Crippen LogP contribution in [0.15, 0.2) is 24.3 Å². The second-order valence-corrected chi connectivity index (χ2v) is 10.9. The van der Waals surface area contributed by atoms with E-state index in [0.29, 0.717) is 17.7 Å². The maximum Gasteiger partial charge on any atom is 0.259 e. The molecule has 0 saturated carbocycles. The van der Waals surface area contributed by atoms with Gasteiger partial charge in [-0.1, -0.05) is 26.0 Å². The zero-order valence-electron chi connectivity index (χ0n) is 24.6. The molecule has 1 aromatic carbocycles. The van der Waals surface area contributed by atoms with Gasteiger partial charge in [0, 0.05) is 19.3 Å². The van der Waals surface area contributed by atoms with Crippen molar-refractivity contribution >= 4 is 29.4 Å². The smallest absolute Gasteiger partial charge is 0.259 e. The van der Waals surface area contributed by atoms with Crippen LogP contribution in [0.2, 0.25) is 0 Å². The molecule has 1 heterocycles. The highest BCUT2D eigenvalue weighted by atomic mass is 16.5. The summed E-state index contributed by atoms with van der Waals surface area (Å²) >= 11 is 0. The predicted molar refractivity (Wildman–Crippen MR) is 149 cm³/mol. The molecule has 43 heavy (non-hydrogen) atoms. The molecule has 0 aliphatic carbocycles. The molecule has 1 aliphatic heterocycles. The van der Waals surface area contributed by atoms with Crippen LogP contribution in [0.5, 0.6) is 5.75 Å². The third kappa shape index (κ3) is 11.2. The van der Waals surface area contributed by atoms with Gasteiger partial charge in [-0.05, 0) is 43.4 Å². The number of ketones is 1. The number of hydroxylamine groups is 1. The predicted octanol–water partition coefficient (Wildman–Crippen LogP) is -1.70. The SMILES string of the molecule is CC(=O)N[C@@H]1[C@@H](O)[C@H](O)[C@@H](CO)O[C@H]1NC(=O)COc1ccc(C[C@H](NC(=O)[C@@H](CC(=O)NO)CC(C)C)C(C)=O)cc1. The number of aliphatic hydroxyl groups is 3. The Morgan fingerprint density at radius 2 is 1.63 bits per heavy atom. The lowest BCUT2D eigenvalue weighted by Gasteiger charge is -2.42. The molecular weight excluding hydrogens is 568 g/mol. The van der Waals surface area contributed by atoms with Crippen LogP contribution in [0.4, 0.5) is 0 Å². The molecule has 1 fully saturated rings. The van der Waals surface area contributed by atoms with Gasteiger partial charge in [-0.2, -0.15) is 0 Å². The van der Waals surface area contributed by atoms with Crippen LogP contribution in [-0.2, 0) is 35.1 Å². The molecule has 8 N–H and O–H groups in total. The number of benzene rings is 1. The molecule has 0 aromatic heterocycles. The number of Topliss-reactive ketones (excluding diaryl/α,β-unsaturated/α-hetero) is 1. The lowest BCUT2D eigenvalue weighted by atomic mass is 9.92. The van der Waals surface area contributed by atoms with Gasteiger partial charge in [0.05, 0.1) is 12.6 Å². The van der Waals surface area contributed by atoms with Crippen molar-refractivity contribution in [1.82, 2.24) is 21.4 Å². The van der Waals surface area contributed by atoms with Crippen molar-refractivity contribution in [1.29, 1.82) is 0 Å². The topological polar surface area (TPSA) is 233 Å². The van der Waals surface area contributed by atoms with E-state index in [1.807, 2.05) is 13.8 Å². The summed E-state index contributed by atoms with van der Waals surface area (Å²) in [5.41, 5.74) is 2.21. The number of amides is 4. The number of ether oxygens (including phenoxy) is 2. The summed E-state index contributed by atoms with van der Waals surface area (Å²) in [6.07, 6.45) is -5.14. The van der Waals surface area contributed by atoms with Gasteiger partial charge >= 0.3 is 0 Å². The first-order valence-electron chi connectivity index (χ1n) is 13.9. The summed E-state index contributed by atoms with van der Waals surface area (Å²) in [5.74, 6) is -2.99. The van der Waals surface area contributed by atoms with Crippen molar-refractivity contribution < 1.29 is 54.0 Å². The number of carbonyl (C=O) groups is 5. The second kappa shape index (κ2) is 16.9. The van der Waals surface area contributed by atoms with E-state index in [0.717, 1.165) is 0 Å². The number of hydrogen-bond donors (Lipinski definition) is 8. The van der Waals surface area contributed by atoms with E-state index in [1.54, 1.807) is 24.3 Å². The maximum atomic E-state index is 12.9. The largest absolute Gasteiger partial charge is 0.484 e. The van der Waals surface area contributed by atoms with Crippen molar-refractivity contribution in [3.63, 3.8) is 0 Å². The molecule has 0 spiro atoms. The van der Waals surface area contributed by atoms with Crippen LogP contribution in [0.25, 0.3) is 0 Å². The average molecular weight is 611 g/mol. The normalized spacial score (nSPS) is 23.0. The van der Waals surface area contributed by atoms with Gasteiger partial charge in [-0.3, -0.25) is 29.2 Å². The lowest BCUT2D eigenvalue weighted by molar-refractivity contribution is -0.203. The third-order valence-corrected chi connectivity index (χ3v) is 6.82. The zero-order valence-corrected chi connectivity index (χ0v) is 24.6. The average Bonchev–Trinajstić information content (AvgIpc) is 2.95. The number of aliphatic hydroxyl groups excluding tert-OH is 3. The first-order chi connectivity index (χ1) is 20.2. The Morgan fingerprint density at radius 3 is 2.16 bits per heavy atom. The van der Waals surface area contributed by atoms with Crippen molar-refractivity contribution in [3.05, 3.63) is 29.8 Å². The van der Waals surface area contributed by atoms with Gasteiger partial charge in [0.25, 0.3) is 5.91 Å². The van der Waals surface area contributed by atoms with Crippen LogP contribution in [0.3, 0.4) is 0 Å². The summed E-state index contributed by atoms with van der Waals surface area (Å²) in [4.78, 5) is 60.9. The molecule has 0 radical (unpaired) electrons. The minimum absolute atomic E-state index is 0.0958. The van der Waals surface area contributed by atoms with Crippen molar-refractivity contribution in [2.45, 2.75) is 83.6 Å². The summed E-state index contributed by atoms with van der Waals surface area (Å²) in [6.45, 7) is 5.21. The van der Waals surface area contributed by atoms with E-state index in [2.05, 4.69) is 16.0 Å². The number of hydrogen-bond acceptors (Lipinski definition) is 11. The lowest BCUT2D eigenvalue weighted by Crippen LogP contribution is -2.68. The van der Waals surface area contributed by atoms with Crippen LogP contribution in [0, 0.1) is 11.8 Å². The highest BCUT2D eigenvalue weighted by molar-refractivity contribution is 5.90. The molecular formula is C28H42N4O11. The molecule has 1 saturated heterocycles. The van der Waals surface area contributed by atoms with E-state index < -0.39 is 79.4 Å². The Bertz CT molecular complexity index is 1110. The van der Waals surface area contributed by atoms with E-state index in [-0.39, 0.29) is 24.5 Å². The number of carbonyl (C=O) groups excluding carboxylic acids is 5. The van der Waals surface area contributed by atoms with Crippen LogP contribution in [-0.4, -0.2) is 99.8 Å². The molecule has 4 amide bonds. The molecule has 0 unspecified atom stereocenters. The Kier molecular flexibility index (Phi) is 13.9. The first kappa shape index (κ1) is 35.6. The zero-order chi connectivity index (χ0) is 32.3. The summed E-state index contributed by atoms with van der Waals surface area (Å²) in [6, 6.07) is 4.39. The third-order valence-electron chi connectivity index (χ3n) is 6.82. The molecule has 240 valence electrons. The molecule has 1 aromatic rings. The minimum atomic E-state index is -1.52. The first-order valence-corrected chi connectivity index (χ1v) is 13.9. The Labute approximate surface area is 249 Å². The van der Waals surface area contributed by atoms with Gasteiger partial charge in [-0.15, -0.1) is 0 Å². The van der Waals surface area contributed by atoms with E-state index in [1.165, 1.54) is 19.3 Å². The Hall–Kier alpha value is -3.63. The molecule has 7 atom stereocenters. The minimum Gasteiger partial charge on any atom is -0.484 e. The van der Waals surface area contributed by atoms with Gasteiger partial charge in [0.15, 0.2) is 18.6 Å². The van der Waals surface area contributed by atoms with Crippen molar-refractivity contribution in [2.75, 3.05) is 13.2 Å². The van der Waals surface area contributed by atoms with Gasteiger partial charge in [0.2, 0.25) is 17.7 Å². The quantitative estimate of drug-likeness (QED) is 0.0823. The molecule has 2 rings (SSSR count). The van der Waals surface area contributed by atoms with E-state index >= 15 is 0 Å². The highest BCUT2D eigenvalue weighted by Crippen LogP contribution is 2.21. The fourth-order valence-corrected chi connectivity index (χ4v) is 4.65. The summed E-state index contributed by atoms with van der Waals surface area (Å²) in [5, 5.41) is 46.3. The maximum absolute atomic E-state index is 12.9. The molecule has 1 aliphatic rings. The monoisotopic (exact) mass is 610 g/mol. The number of nitrogens with one attached hydrogen (secondary N) is 4. The molecule has 15 heteroatoms. The Balaban J connectivity index is 1.98. The van der Waals surface area contributed by atoms with Crippen LogP contribution in [0.1, 0.15) is 46.1 Å². The fourth-order valence-electron chi connectivity index (χ4n) is 4.65. The van der Waals surface area contributed by atoms with E-state index in [4.69, 9.17) is 14.7 Å². The van der Waals surface area contributed by atoms with Gasteiger partial charge in [0.1, 0.15) is 30.1 Å². The van der Waals surface area contributed by atoms with Crippen molar-refractivity contribution in [3.8, 4) is 5.75 Å². The molecule has 15 nitrogen and oxygen atoms in total. The van der Waals surface area contributed by atoms with E-state index in [9.17, 15) is 39.3 Å². The number of rotatable bonds is 15. The Morgan fingerprint density at radius 1 is 0.977 bits per heavy atom. The van der Waals surface area contributed by atoms with Gasteiger partial charge < -0.3 is 40.7 Å². The van der Waals surface area contributed by atoms with Crippen LogP contribution < -0.4 is 26.2 Å². The summed E-state index contributed by atoms with van der Waals surface area (Å²) in [7, 11) is 0. The van der Waals surface area contributed by atoms with Gasteiger partial charge in [-0.25, -0.2) is 5.48 Å². The van der Waals surface area contributed by atoms with Crippen LogP contribution >= 0.6 is 0 Å². The summed E-state index contributed by atoms with van der Waals surface area (Å²) < 4.78 is 11.0. The standard InChI is InChI=1S/C28H42N4O11/c1-14(2)9-18(11-22(36)32-41)27(40)30-20(15(3)34)10-17-5-7-19(8-6-17)42-13-23(37)31-28-24(29-16(4)35)26(39)25(38)21(12-33)43-28/h5-8,14,18,20-21,24-26,28,33,38-39,41H,9-13H2,1-4H3,(H,29,35)(H,30,40)(H,31,37)(H,32,36)/t18-,20+,21-,24-,25-,26-,28-/m1/s1. The fraction of sp³-hybridized carbons (Fsp3) is 0.607.